The summed E-state index contributed by atoms with van der Waals surface area (Å²) in [5, 5.41) is 0.383. The van der Waals surface area contributed by atoms with Crippen molar-refractivity contribution in [2.75, 3.05) is 0 Å². The predicted octanol–water partition coefficient (Wildman–Crippen LogP) is 3.30. The SMILES string of the molecule is CC(C)(C)NS(=O)(=O)c1ccc(C(=O)Cl)c2ccccc12. The quantitative estimate of drug-likeness (QED) is 0.881. The molecule has 21 heavy (non-hydrogen) atoms. The molecule has 0 saturated heterocycles. The standard InChI is InChI=1S/C15H16ClNO3S/c1-15(2,3)17-21(19,20)13-9-8-12(14(16)18)10-6-4-5-7-11(10)13/h4-9,17H,1-3H3. The van der Waals surface area contributed by atoms with E-state index >= 15 is 0 Å². The van der Waals surface area contributed by atoms with Crippen LogP contribution in [-0.2, 0) is 10.0 Å². The third-order valence-corrected chi connectivity index (χ3v) is 4.85. The van der Waals surface area contributed by atoms with Gasteiger partial charge in [0.15, 0.2) is 0 Å². The van der Waals surface area contributed by atoms with Crippen molar-refractivity contribution in [1.82, 2.24) is 4.72 Å². The Morgan fingerprint density at radius 1 is 1.05 bits per heavy atom. The molecule has 0 radical (unpaired) electrons. The molecule has 0 bridgehead atoms. The van der Waals surface area contributed by atoms with Crippen molar-refractivity contribution in [3.8, 4) is 0 Å². The van der Waals surface area contributed by atoms with E-state index in [1.807, 2.05) is 0 Å². The number of hydrogen-bond donors (Lipinski definition) is 1. The largest absolute Gasteiger partial charge is 0.276 e. The van der Waals surface area contributed by atoms with Gasteiger partial charge in [-0.05, 0) is 49.9 Å². The van der Waals surface area contributed by atoms with Crippen molar-refractivity contribution >= 4 is 37.6 Å². The van der Waals surface area contributed by atoms with Crippen LogP contribution in [0.15, 0.2) is 41.3 Å². The molecule has 0 amide bonds. The molecular weight excluding hydrogens is 310 g/mol. The number of benzene rings is 2. The molecule has 0 spiro atoms. The van der Waals surface area contributed by atoms with Gasteiger partial charge in [0.05, 0.1) is 4.90 Å². The maximum absolute atomic E-state index is 12.5. The summed E-state index contributed by atoms with van der Waals surface area (Å²) < 4.78 is 27.6. The van der Waals surface area contributed by atoms with Crippen LogP contribution in [0.1, 0.15) is 31.1 Å². The molecule has 0 unspecified atom stereocenters. The summed E-state index contributed by atoms with van der Waals surface area (Å²) in [6.07, 6.45) is 0. The van der Waals surface area contributed by atoms with Gasteiger partial charge in [-0.25, -0.2) is 13.1 Å². The van der Waals surface area contributed by atoms with Crippen molar-refractivity contribution in [3.05, 3.63) is 42.0 Å². The molecule has 0 aliphatic carbocycles. The monoisotopic (exact) mass is 325 g/mol. The Balaban J connectivity index is 2.73. The molecule has 2 aromatic rings. The van der Waals surface area contributed by atoms with Gasteiger partial charge in [0, 0.05) is 16.5 Å². The number of sulfonamides is 1. The second-order valence-electron chi connectivity index (χ2n) is 5.79. The Kier molecular flexibility index (Phi) is 4.10. The van der Waals surface area contributed by atoms with Gasteiger partial charge in [0.25, 0.3) is 5.24 Å². The lowest BCUT2D eigenvalue weighted by atomic mass is 10.1. The predicted molar refractivity (Wildman–Crippen MR) is 84.2 cm³/mol. The number of fused-ring (bicyclic) bond motifs is 1. The molecule has 0 saturated carbocycles. The number of carbonyl (C=O) groups excluding carboxylic acids is 1. The Hall–Kier alpha value is -1.43. The minimum atomic E-state index is -3.69. The van der Waals surface area contributed by atoms with Crippen molar-refractivity contribution in [3.63, 3.8) is 0 Å². The van der Waals surface area contributed by atoms with E-state index in [1.165, 1.54) is 12.1 Å². The minimum Gasteiger partial charge on any atom is -0.276 e. The van der Waals surface area contributed by atoms with Crippen LogP contribution in [0.4, 0.5) is 0 Å². The van der Waals surface area contributed by atoms with E-state index in [2.05, 4.69) is 4.72 Å². The first-order valence-corrected chi connectivity index (χ1v) is 8.23. The molecule has 0 fully saturated rings. The van der Waals surface area contributed by atoms with Crippen LogP contribution in [0.2, 0.25) is 0 Å². The van der Waals surface area contributed by atoms with E-state index in [9.17, 15) is 13.2 Å². The summed E-state index contributed by atoms with van der Waals surface area (Å²) in [6, 6.07) is 9.65. The number of rotatable bonds is 3. The van der Waals surface area contributed by atoms with Gasteiger partial charge in [0.2, 0.25) is 10.0 Å². The Morgan fingerprint density at radius 2 is 1.62 bits per heavy atom. The molecule has 2 rings (SSSR count). The maximum Gasteiger partial charge on any atom is 0.253 e. The lowest BCUT2D eigenvalue weighted by Gasteiger charge is -2.21. The summed E-state index contributed by atoms with van der Waals surface area (Å²) in [4.78, 5) is 11.6. The van der Waals surface area contributed by atoms with E-state index < -0.39 is 20.8 Å². The number of carbonyl (C=O) groups is 1. The van der Waals surface area contributed by atoms with E-state index in [4.69, 9.17) is 11.6 Å². The second kappa shape index (κ2) is 5.40. The molecule has 6 heteroatoms. The summed E-state index contributed by atoms with van der Waals surface area (Å²) in [5.74, 6) is 0. The molecule has 0 aliphatic heterocycles. The summed E-state index contributed by atoms with van der Waals surface area (Å²) >= 11 is 5.55. The highest BCUT2D eigenvalue weighted by molar-refractivity contribution is 7.89. The van der Waals surface area contributed by atoms with Crippen LogP contribution in [0.5, 0.6) is 0 Å². The van der Waals surface area contributed by atoms with Crippen LogP contribution in [0.25, 0.3) is 10.8 Å². The molecule has 0 aromatic heterocycles. The van der Waals surface area contributed by atoms with Gasteiger partial charge in [-0.1, -0.05) is 24.3 Å². The number of halogens is 1. The van der Waals surface area contributed by atoms with E-state index in [1.54, 1.807) is 45.0 Å². The van der Waals surface area contributed by atoms with E-state index in [0.717, 1.165) is 0 Å². The van der Waals surface area contributed by atoms with Crippen molar-refractivity contribution in [2.45, 2.75) is 31.2 Å². The van der Waals surface area contributed by atoms with Gasteiger partial charge < -0.3 is 0 Å². The van der Waals surface area contributed by atoms with Gasteiger partial charge in [-0.2, -0.15) is 0 Å². The number of nitrogens with one attached hydrogen (secondary N) is 1. The zero-order valence-corrected chi connectivity index (χ0v) is 13.5. The average molecular weight is 326 g/mol. The fourth-order valence-corrected chi connectivity index (χ4v) is 3.93. The molecule has 4 nitrogen and oxygen atoms in total. The smallest absolute Gasteiger partial charge is 0.253 e. The van der Waals surface area contributed by atoms with E-state index in [0.29, 0.717) is 16.3 Å². The van der Waals surface area contributed by atoms with Crippen LogP contribution in [-0.4, -0.2) is 19.2 Å². The lowest BCUT2D eigenvalue weighted by Crippen LogP contribution is -2.40. The minimum absolute atomic E-state index is 0.134. The normalized spacial score (nSPS) is 12.6. The topological polar surface area (TPSA) is 63.2 Å². The third-order valence-electron chi connectivity index (χ3n) is 2.83. The van der Waals surface area contributed by atoms with E-state index in [-0.39, 0.29) is 4.90 Å². The van der Waals surface area contributed by atoms with Crippen LogP contribution >= 0.6 is 11.6 Å². The molecule has 1 N–H and O–H groups in total. The average Bonchev–Trinajstić information content (AvgIpc) is 2.34. The van der Waals surface area contributed by atoms with Crippen LogP contribution < -0.4 is 4.72 Å². The van der Waals surface area contributed by atoms with Crippen molar-refractivity contribution in [1.29, 1.82) is 0 Å². The Labute approximate surface area is 129 Å². The molecule has 0 heterocycles. The van der Waals surface area contributed by atoms with Crippen LogP contribution in [0.3, 0.4) is 0 Å². The van der Waals surface area contributed by atoms with Crippen LogP contribution in [0, 0.1) is 0 Å². The zero-order valence-electron chi connectivity index (χ0n) is 12.0. The maximum atomic E-state index is 12.5. The summed E-state index contributed by atoms with van der Waals surface area (Å²) in [6.45, 7) is 5.30. The highest BCUT2D eigenvalue weighted by atomic mass is 35.5. The van der Waals surface area contributed by atoms with Crippen molar-refractivity contribution < 1.29 is 13.2 Å². The molecule has 2 aromatic carbocycles. The Morgan fingerprint density at radius 3 is 2.14 bits per heavy atom. The first-order chi connectivity index (χ1) is 9.62. The molecule has 0 atom stereocenters. The summed E-state index contributed by atoms with van der Waals surface area (Å²) in [5.41, 5.74) is -0.303. The van der Waals surface area contributed by atoms with Crippen molar-refractivity contribution in [2.24, 2.45) is 0 Å². The highest BCUT2D eigenvalue weighted by Crippen LogP contribution is 2.27. The number of hydrogen-bond acceptors (Lipinski definition) is 3. The summed E-state index contributed by atoms with van der Waals surface area (Å²) in [7, 11) is -3.69. The first kappa shape index (κ1) is 15.9. The molecular formula is C15H16ClNO3S. The molecule has 0 aliphatic rings. The van der Waals surface area contributed by atoms with Gasteiger partial charge in [0.1, 0.15) is 0 Å². The third kappa shape index (κ3) is 3.43. The Bertz CT molecular complexity index is 807. The lowest BCUT2D eigenvalue weighted by molar-refractivity contribution is 0.108. The zero-order chi connectivity index (χ0) is 15.8. The first-order valence-electron chi connectivity index (χ1n) is 6.37. The second-order valence-corrected chi connectivity index (χ2v) is 7.78. The van der Waals surface area contributed by atoms with Gasteiger partial charge in [-0.3, -0.25) is 4.79 Å². The fourth-order valence-electron chi connectivity index (χ4n) is 2.14. The van der Waals surface area contributed by atoms with Gasteiger partial charge in [-0.15, -0.1) is 0 Å². The van der Waals surface area contributed by atoms with Gasteiger partial charge >= 0.3 is 0 Å². The fraction of sp³-hybridized carbons (Fsp3) is 0.267. The molecule has 112 valence electrons. The highest BCUT2D eigenvalue weighted by Gasteiger charge is 2.24.